The van der Waals surface area contributed by atoms with E-state index in [0.717, 1.165) is 6.07 Å². The van der Waals surface area contributed by atoms with Crippen molar-refractivity contribution in [1.82, 2.24) is 0 Å². The maximum absolute atomic E-state index is 13.2. The van der Waals surface area contributed by atoms with E-state index < -0.39 is 29.4 Å². The molecule has 1 atom stereocenters. The van der Waals surface area contributed by atoms with E-state index in [-0.39, 0.29) is 5.56 Å². The molecule has 0 amide bonds. The predicted molar refractivity (Wildman–Crippen MR) is 54.0 cm³/mol. The maximum atomic E-state index is 13.2. The van der Waals surface area contributed by atoms with Crippen LogP contribution in [0, 0.1) is 5.82 Å². The average molecular weight is 249 g/mol. The Bertz CT molecular complexity index is 428. The van der Waals surface area contributed by atoms with Crippen LogP contribution in [-0.2, 0) is 6.18 Å². The third-order valence-electron chi connectivity index (χ3n) is 2.34. The molecule has 0 fully saturated rings. The molecule has 0 aliphatic carbocycles. The third-order valence-corrected chi connectivity index (χ3v) is 2.34. The van der Waals surface area contributed by atoms with Crippen molar-refractivity contribution < 1.29 is 22.4 Å². The minimum Gasteiger partial charge on any atom is -0.321 e. The van der Waals surface area contributed by atoms with Crippen molar-refractivity contribution >= 4 is 5.78 Å². The number of benzene rings is 1. The number of rotatable bonds is 3. The van der Waals surface area contributed by atoms with Gasteiger partial charge in [0.25, 0.3) is 0 Å². The average Bonchev–Trinajstić information content (AvgIpc) is 2.25. The zero-order valence-corrected chi connectivity index (χ0v) is 9.01. The highest BCUT2D eigenvalue weighted by Crippen LogP contribution is 2.31. The van der Waals surface area contributed by atoms with Crippen LogP contribution in [0.1, 0.15) is 29.3 Å². The second-order valence-electron chi connectivity index (χ2n) is 3.57. The summed E-state index contributed by atoms with van der Waals surface area (Å²) in [5.74, 6) is -2.04. The van der Waals surface area contributed by atoms with E-state index in [1.807, 2.05) is 0 Å². The molecule has 0 aromatic heterocycles. The number of halogens is 4. The number of carbonyl (C=O) groups is 1. The minimum absolute atomic E-state index is 0.148. The van der Waals surface area contributed by atoms with Gasteiger partial charge < -0.3 is 5.73 Å². The van der Waals surface area contributed by atoms with Crippen molar-refractivity contribution in [3.63, 3.8) is 0 Å². The highest BCUT2D eigenvalue weighted by molar-refractivity contribution is 5.99. The van der Waals surface area contributed by atoms with E-state index in [4.69, 9.17) is 5.73 Å². The number of nitrogens with two attached hydrogens (primary N) is 1. The number of hydrogen-bond acceptors (Lipinski definition) is 2. The first-order chi connectivity index (χ1) is 7.77. The summed E-state index contributed by atoms with van der Waals surface area (Å²) in [6.07, 6.45) is -4.43. The quantitative estimate of drug-likeness (QED) is 0.661. The molecule has 0 bridgehead atoms. The molecule has 2 nitrogen and oxygen atoms in total. The molecule has 1 aromatic rings. The van der Waals surface area contributed by atoms with Gasteiger partial charge in [-0.05, 0) is 18.6 Å². The maximum Gasteiger partial charge on any atom is 0.419 e. The van der Waals surface area contributed by atoms with Crippen molar-refractivity contribution in [2.75, 3.05) is 0 Å². The molecule has 0 heterocycles. The Morgan fingerprint density at radius 2 is 2.00 bits per heavy atom. The van der Waals surface area contributed by atoms with Gasteiger partial charge in [-0.3, -0.25) is 4.79 Å². The lowest BCUT2D eigenvalue weighted by Gasteiger charge is -2.11. The summed E-state index contributed by atoms with van der Waals surface area (Å²) in [5, 5.41) is 0. The van der Waals surface area contributed by atoms with Crippen molar-refractivity contribution in [1.29, 1.82) is 0 Å². The second-order valence-corrected chi connectivity index (χ2v) is 3.57. The zero-order valence-electron chi connectivity index (χ0n) is 9.01. The van der Waals surface area contributed by atoms with E-state index in [1.165, 1.54) is 0 Å². The Morgan fingerprint density at radius 1 is 1.41 bits per heavy atom. The molecule has 1 unspecified atom stereocenters. The molecule has 17 heavy (non-hydrogen) atoms. The number of hydrogen-bond donors (Lipinski definition) is 1. The van der Waals surface area contributed by atoms with Gasteiger partial charge in [0.2, 0.25) is 0 Å². The van der Waals surface area contributed by atoms with E-state index in [1.54, 1.807) is 6.92 Å². The van der Waals surface area contributed by atoms with Gasteiger partial charge >= 0.3 is 6.18 Å². The van der Waals surface area contributed by atoms with Crippen LogP contribution in [0.3, 0.4) is 0 Å². The number of alkyl halides is 3. The van der Waals surface area contributed by atoms with Crippen molar-refractivity contribution in [2.45, 2.75) is 25.6 Å². The molecule has 0 spiro atoms. The molecule has 0 aliphatic rings. The van der Waals surface area contributed by atoms with Crippen LogP contribution in [0.4, 0.5) is 17.6 Å². The lowest BCUT2D eigenvalue weighted by atomic mass is 10.0. The number of ketones is 1. The SMILES string of the molecule is CCC(N)C(=O)c1ccc(C(F)(F)F)c(F)c1. The fraction of sp³-hybridized carbons (Fsp3) is 0.364. The van der Waals surface area contributed by atoms with Gasteiger partial charge in [0, 0.05) is 5.56 Å². The molecular weight excluding hydrogens is 238 g/mol. The van der Waals surface area contributed by atoms with Crippen molar-refractivity contribution in [2.24, 2.45) is 5.73 Å². The Hall–Kier alpha value is -1.43. The summed E-state index contributed by atoms with van der Waals surface area (Å²) >= 11 is 0. The summed E-state index contributed by atoms with van der Waals surface area (Å²) in [4.78, 5) is 11.5. The Morgan fingerprint density at radius 3 is 2.41 bits per heavy atom. The Kier molecular flexibility index (Phi) is 3.87. The molecule has 2 N–H and O–H groups in total. The summed E-state index contributed by atoms with van der Waals surface area (Å²) in [5.41, 5.74) is 3.89. The number of carbonyl (C=O) groups excluding carboxylic acids is 1. The van der Waals surface area contributed by atoms with Crippen molar-refractivity contribution in [3.8, 4) is 0 Å². The van der Waals surface area contributed by atoms with Crippen LogP contribution in [0.15, 0.2) is 18.2 Å². The topological polar surface area (TPSA) is 43.1 Å². The first-order valence-corrected chi connectivity index (χ1v) is 4.94. The first kappa shape index (κ1) is 13.6. The van der Waals surface area contributed by atoms with Crippen LogP contribution < -0.4 is 5.73 Å². The first-order valence-electron chi connectivity index (χ1n) is 4.94. The predicted octanol–water partition coefficient (Wildman–Crippen LogP) is 2.76. The third kappa shape index (κ3) is 3.03. The summed E-state index contributed by atoms with van der Waals surface area (Å²) in [6.45, 7) is 1.66. The smallest absolute Gasteiger partial charge is 0.321 e. The molecule has 6 heteroatoms. The molecule has 0 radical (unpaired) electrons. The summed E-state index contributed by atoms with van der Waals surface area (Å²) in [7, 11) is 0. The standard InChI is InChI=1S/C11H11F4NO/c1-2-9(16)10(17)6-3-4-7(8(12)5-6)11(13,14)15/h3-5,9H,2,16H2,1H3. The van der Waals surface area contributed by atoms with Gasteiger partial charge in [-0.15, -0.1) is 0 Å². The highest BCUT2D eigenvalue weighted by atomic mass is 19.4. The summed E-state index contributed by atoms with van der Waals surface area (Å²) < 4.78 is 49.9. The van der Waals surface area contributed by atoms with E-state index >= 15 is 0 Å². The minimum atomic E-state index is -4.77. The van der Waals surface area contributed by atoms with Crippen LogP contribution in [0.2, 0.25) is 0 Å². The molecule has 0 aliphatic heterocycles. The molecule has 1 rings (SSSR count). The fourth-order valence-electron chi connectivity index (χ4n) is 1.30. The summed E-state index contributed by atoms with van der Waals surface area (Å²) in [6, 6.07) is 1.22. The van der Waals surface area contributed by atoms with Crippen LogP contribution in [0.25, 0.3) is 0 Å². The van der Waals surface area contributed by atoms with E-state index in [2.05, 4.69) is 0 Å². The fourth-order valence-corrected chi connectivity index (χ4v) is 1.30. The van der Waals surface area contributed by atoms with Gasteiger partial charge in [-0.2, -0.15) is 13.2 Å². The Labute approximate surface area is 95.4 Å². The van der Waals surface area contributed by atoms with E-state index in [9.17, 15) is 22.4 Å². The van der Waals surface area contributed by atoms with Gasteiger partial charge in [-0.1, -0.05) is 13.0 Å². The largest absolute Gasteiger partial charge is 0.419 e. The van der Waals surface area contributed by atoms with Gasteiger partial charge in [-0.25, -0.2) is 4.39 Å². The zero-order chi connectivity index (χ0) is 13.2. The van der Waals surface area contributed by atoms with Gasteiger partial charge in [0.05, 0.1) is 11.6 Å². The second kappa shape index (κ2) is 4.83. The molecular formula is C11H11F4NO. The van der Waals surface area contributed by atoms with Crippen LogP contribution in [-0.4, -0.2) is 11.8 Å². The van der Waals surface area contributed by atoms with E-state index in [0.29, 0.717) is 18.6 Å². The van der Waals surface area contributed by atoms with Crippen LogP contribution in [0.5, 0.6) is 0 Å². The van der Waals surface area contributed by atoms with Gasteiger partial charge in [0.1, 0.15) is 5.82 Å². The highest BCUT2D eigenvalue weighted by Gasteiger charge is 2.34. The molecule has 0 saturated carbocycles. The normalized spacial score (nSPS) is 13.5. The number of Topliss-reactive ketones (excluding diaryl/α,β-unsaturated/α-hetero) is 1. The lowest BCUT2D eigenvalue weighted by molar-refractivity contribution is -0.140. The Balaban J connectivity index is 3.09. The molecule has 1 aromatic carbocycles. The van der Waals surface area contributed by atoms with Crippen LogP contribution >= 0.6 is 0 Å². The molecule has 94 valence electrons. The van der Waals surface area contributed by atoms with Gasteiger partial charge in [0.15, 0.2) is 5.78 Å². The monoisotopic (exact) mass is 249 g/mol. The molecule has 0 saturated heterocycles. The van der Waals surface area contributed by atoms with Crippen molar-refractivity contribution in [3.05, 3.63) is 35.1 Å². The lowest BCUT2D eigenvalue weighted by Crippen LogP contribution is -2.29.